The van der Waals surface area contributed by atoms with Gasteiger partial charge in [-0.2, -0.15) is 11.3 Å². The minimum absolute atomic E-state index is 0.566. The molecule has 1 aliphatic rings. The molecule has 0 bridgehead atoms. The van der Waals surface area contributed by atoms with Crippen LogP contribution in [0.3, 0.4) is 0 Å². The van der Waals surface area contributed by atoms with Crippen molar-refractivity contribution < 1.29 is 0 Å². The minimum Gasteiger partial charge on any atom is -0.313 e. The van der Waals surface area contributed by atoms with Crippen LogP contribution in [-0.4, -0.2) is 7.05 Å². The van der Waals surface area contributed by atoms with Crippen molar-refractivity contribution in [2.24, 2.45) is 17.8 Å². The van der Waals surface area contributed by atoms with Crippen LogP contribution in [0.25, 0.3) is 0 Å². The monoisotopic (exact) mass is 251 g/mol. The van der Waals surface area contributed by atoms with Crippen LogP contribution in [0.4, 0.5) is 0 Å². The molecule has 0 amide bonds. The summed E-state index contributed by atoms with van der Waals surface area (Å²) >= 11 is 1.84. The Morgan fingerprint density at radius 2 is 2.00 bits per heavy atom. The van der Waals surface area contributed by atoms with Crippen molar-refractivity contribution in [3.63, 3.8) is 0 Å². The van der Waals surface area contributed by atoms with Gasteiger partial charge in [-0.3, -0.25) is 0 Å². The van der Waals surface area contributed by atoms with Crippen molar-refractivity contribution in [3.05, 3.63) is 21.9 Å². The van der Waals surface area contributed by atoms with Crippen molar-refractivity contribution in [1.82, 2.24) is 5.32 Å². The van der Waals surface area contributed by atoms with E-state index in [4.69, 9.17) is 0 Å². The maximum atomic E-state index is 3.56. The summed E-state index contributed by atoms with van der Waals surface area (Å²) in [6.07, 6.45) is 4.15. The van der Waals surface area contributed by atoms with E-state index in [0.29, 0.717) is 6.04 Å². The van der Waals surface area contributed by atoms with Crippen molar-refractivity contribution >= 4 is 11.3 Å². The molecule has 0 saturated heterocycles. The van der Waals surface area contributed by atoms with E-state index in [1.54, 1.807) is 0 Å². The van der Waals surface area contributed by atoms with E-state index >= 15 is 0 Å². The first kappa shape index (κ1) is 13.1. The molecule has 2 heteroatoms. The Labute approximate surface area is 110 Å². The average Bonchev–Trinajstić information content (AvgIpc) is 2.71. The standard InChI is InChI=1S/C15H25NS/c1-10-5-6-13(7-11(10)2)15(16-4)14-9-17-8-12(14)3/h8-11,13,15-16H,5-7H2,1-4H3. The molecular weight excluding hydrogens is 226 g/mol. The molecule has 1 N–H and O–H groups in total. The summed E-state index contributed by atoms with van der Waals surface area (Å²) in [5.41, 5.74) is 2.99. The zero-order valence-electron chi connectivity index (χ0n) is 11.5. The van der Waals surface area contributed by atoms with Crippen LogP contribution in [0.2, 0.25) is 0 Å². The fourth-order valence-corrected chi connectivity index (χ4v) is 4.11. The molecule has 1 fully saturated rings. The first-order chi connectivity index (χ1) is 8.13. The molecule has 0 radical (unpaired) electrons. The van der Waals surface area contributed by atoms with Gasteiger partial charge in [-0.25, -0.2) is 0 Å². The molecule has 2 rings (SSSR count). The lowest BCUT2D eigenvalue weighted by molar-refractivity contribution is 0.174. The number of hydrogen-bond acceptors (Lipinski definition) is 2. The predicted octanol–water partition coefficient (Wildman–Crippen LogP) is 4.39. The molecule has 1 aromatic rings. The van der Waals surface area contributed by atoms with Gasteiger partial charge in [0.25, 0.3) is 0 Å². The number of nitrogens with one attached hydrogen (secondary N) is 1. The van der Waals surface area contributed by atoms with Crippen LogP contribution in [0.5, 0.6) is 0 Å². The first-order valence-corrected chi connectivity index (χ1v) is 7.77. The van der Waals surface area contributed by atoms with Gasteiger partial charge in [0.2, 0.25) is 0 Å². The maximum absolute atomic E-state index is 3.56. The van der Waals surface area contributed by atoms with Crippen molar-refractivity contribution in [3.8, 4) is 0 Å². The molecule has 0 aliphatic heterocycles. The van der Waals surface area contributed by atoms with Gasteiger partial charge in [-0.15, -0.1) is 0 Å². The predicted molar refractivity (Wildman–Crippen MR) is 76.5 cm³/mol. The van der Waals surface area contributed by atoms with Crippen LogP contribution in [0.1, 0.15) is 50.3 Å². The van der Waals surface area contributed by atoms with Gasteiger partial charge in [0, 0.05) is 6.04 Å². The Morgan fingerprint density at radius 1 is 1.24 bits per heavy atom. The molecule has 4 atom stereocenters. The van der Waals surface area contributed by atoms with E-state index in [9.17, 15) is 0 Å². The quantitative estimate of drug-likeness (QED) is 0.840. The first-order valence-electron chi connectivity index (χ1n) is 6.83. The Balaban J connectivity index is 2.12. The van der Waals surface area contributed by atoms with Crippen LogP contribution in [0.15, 0.2) is 10.8 Å². The SMILES string of the molecule is CNC(c1cscc1C)C1CCC(C)C(C)C1. The molecule has 1 aromatic heterocycles. The van der Waals surface area contributed by atoms with Crippen LogP contribution < -0.4 is 5.32 Å². The van der Waals surface area contributed by atoms with Crippen LogP contribution in [-0.2, 0) is 0 Å². The number of hydrogen-bond donors (Lipinski definition) is 1. The molecule has 4 unspecified atom stereocenters. The summed E-state index contributed by atoms with van der Waals surface area (Å²) in [5, 5.41) is 8.16. The van der Waals surface area contributed by atoms with E-state index in [1.807, 2.05) is 11.3 Å². The van der Waals surface area contributed by atoms with Gasteiger partial charge in [0.15, 0.2) is 0 Å². The summed E-state index contributed by atoms with van der Waals surface area (Å²) in [6, 6.07) is 0.566. The third kappa shape index (κ3) is 2.74. The summed E-state index contributed by atoms with van der Waals surface area (Å²) in [4.78, 5) is 0. The van der Waals surface area contributed by atoms with Crippen LogP contribution >= 0.6 is 11.3 Å². The van der Waals surface area contributed by atoms with Crippen LogP contribution in [0, 0.1) is 24.7 Å². The smallest absolute Gasteiger partial charge is 0.0357 e. The maximum Gasteiger partial charge on any atom is 0.0357 e. The van der Waals surface area contributed by atoms with Crippen molar-refractivity contribution in [1.29, 1.82) is 0 Å². The molecule has 96 valence electrons. The molecule has 0 spiro atoms. The summed E-state index contributed by atoms with van der Waals surface area (Å²) in [6.45, 7) is 7.07. The molecule has 1 heterocycles. The average molecular weight is 251 g/mol. The lowest BCUT2D eigenvalue weighted by Gasteiger charge is -2.36. The number of aryl methyl sites for hydroxylation is 1. The van der Waals surface area contributed by atoms with E-state index in [2.05, 4.69) is 43.9 Å². The highest BCUT2D eigenvalue weighted by atomic mass is 32.1. The summed E-state index contributed by atoms with van der Waals surface area (Å²) in [7, 11) is 2.12. The fourth-order valence-electron chi connectivity index (χ4n) is 3.23. The van der Waals surface area contributed by atoms with E-state index in [-0.39, 0.29) is 0 Å². The normalized spacial score (nSPS) is 31.4. The van der Waals surface area contributed by atoms with Crippen molar-refractivity contribution in [2.75, 3.05) is 7.05 Å². The molecule has 17 heavy (non-hydrogen) atoms. The molecular formula is C15H25NS. The Morgan fingerprint density at radius 3 is 2.53 bits per heavy atom. The zero-order chi connectivity index (χ0) is 12.4. The Kier molecular flexibility index (Phi) is 4.26. The van der Waals surface area contributed by atoms with Crippen molar-refractivity contribution in [2.45, 2.75) is 46.1 Å². The molecule has 1 nitrogen and oxygen atoms in total. The Hall–Kier alpha value is -0.340. The lowest BCUT2D eigenvalue weighted by atomic mass is 9.72. The molecule has 1 aliphatic carbocycles. The number of rotatable bonds is 3. The minimum atomic E-state index is 0.566. The summed E-state index contributed by atoms with van der Waals surface area (Å²) < 4.78 is 0. The van der Waals surface area contributed by atoms with Gasteiger partial charge in [-0.1, -0.05) is 20.3 Å². The molecule has 1 saturated carbocycles. The van der Waals surface area contributed by atoms with Gasteiger partial charge < -0.3 is 5.32 Å². The lowest BCUT2D eigenvalue weighted by Crippen LogP contribution is -2.31. The fraction of sp³-hybridized carbons (Fsp3) is 0.733. The van der Waals surface area contributed by atoms with E-state index < -0.39 is 0 Å². The van der Waals surface area contributed by atoms with E-state index in [0.717, 1.165) is 17.8 Å². The largest absolute Gasteiger partial charge is 0.313 e. The van der Waals surface area contributed by atoms with Gasteiger partial charge >= 0.3 is 0 Å². The highest BCUT2D eigenvalue weighted by molar-refractivity contribution is 7.08. The van der Waals surface area contributed by atoms with Gasteiger partial charge in [0.05, 0.1) is 0 Å². The second-order valence-corrected chi connectivity index (χ2v) is 6.55. The van der Waals surface area contributed by atoms with Gasteiger partial charge in [-0.05, 0) is 66.5 Å². The second kappa shape index (κ2) is 5.53. The zero-order valence-corrected chi connectivity index (χ0v) is 12.3. The topological polar surface area (TPSA) is 12.0 Å². The third-order valence-corrected chi connectivity index (χ3v) is 5.53. The third-order valence-electron chi connectivity index (χ3n) is 4.65. The number of thiophene rings is 1. The summed E-state index contributed by atoms with van der Waals surface area (Å²) in [5.74, 6) is 2.61. The highest BCUT2D eigenvalue weighted by Gasteiger charge is 2.30. The second-order valence-electron chi connectivity index (χ2n) is 5.80. The highest BCUT2D eigenvalue weighted by Crippen LogP contribution is 2.40. The Bertz CT molecular complexity index is 358. The van der Waals surface area contributed by atoms with E-state index in [1.165, 1.54) is 30.4 Å². The van der Waals surface area contributed by atoms with Gasteiger partial charge in [0.1, 0.15) is 0 Å². The molecule has 0 aromatic carbocycles.